The molecule has 6 nitrogen and oxygen atoms in total. The monoisotopic (exact) mass is 253 g/mol. The molecule has 7 heteroatoms. The summed E-state index contributed by atoms with van der Waals surface area (Å²) in [5.41, 5.74) is -1.63. The molecule has 0 aromatic carbocycles. The minimum atomic E-state index is -1.01. The highest BCUT2D eigenvalue weighted by molar-refractivity contribution is 4.92. The first-order chi connectivity index (χ1) is 8.65. The third kappa shape index (κ3) is 2.19. The number of hydrogen-bond acceptors (Lipinski definition) is 4. The van der Waals surface area contributed by atoms with E-state index in [9.17, 15) is 14.0 Å². The first kappa shape index (κ1) is 12.5. The molecule has 0 bridgehead atoms. The number of halogens is 1. The Morgan fingerprint density at radius 2 is 2.33 bits per heavy atom. The lowest BCUT2D eigenvalue weighted by molar-refractivity contribution is 0.0503. The van der Waals surface area contributed by atoms with E-state index >= 15 is 0 Å². The van der Waals surface area contributed by atoms with Crippen molar-refractivity contribution in [1.29, 1.82) is 5.26 Å². The summed E-state index contributed by atoms with van der Waals surface area (Å²) >= 11 is 0. The number of hydrogen-bond donors (Lipinski definition) is 0. The molecule has 1 fully saturated rings. The number of rotatable bonds is 3. The lowest BCUT2D eigenvalue weighted by Crippen LogP contribution is -2.42. The lowest BCUT2D eigenvalue weighted by atomic mass is 10.3. The molecule has 1 aromatic rings. The Balaban J connectivity index is 2.49. The summed E-state index contributed by atoms with van der Waals surface area (Å²) in [6.07, 6.45) is 1.72. The fraction of sp³-hybridized carbons (Fsp3) is 0.545. The van der Waals surface area contributed by atoms with Crippen LogP contribution in [0.2, 0.25) is 0 Å². The van der Waals surface area contributed by atoms with Gasteiger partial charge in [-0.05, 0) is 12.8 Å². The van der Waals surface area contributed by atoms with Crippen LogP contribution < -0.4 is 11.2 Å². The fourth-order valence-corrected chi connectivity index (χ4v) is 1.93. The zero-order valence-corrected chi connectivity index (χ0v) is 9.63. The Morgan fingerprint density at radius 3 is 2.94 bits per heavy atom. The van der Waals surface area contributed by atoms with Crippen LogP contribution in [0.25, 0.3) is 0 Å². The van der Waals surface area contributed by atoms with E-state index in [2.05, 4.69) is 0 Å². The standard InChI is InChI=1S/C11H12FN3O3/c12-8-7-15(9-3-1-6-18-9)11(17)14(10(8)16)5-2-4-13/h7,9H,1-3,5-6H2. The summed E-state index contributed by atoms with van der Waals surface area (Å²) in [4.78, 5) is 23.5. The summed E-state index contributed by atoms with van der Waals surface area (Å²) in [5, 5.41) is 8.47. The Bertz CT molecular complexity index is 593. The van der Waals surface area contributed by atoms with Crippen LogP contribution >= 0.6 is 0 Å². The Kier molecular flexibility index (Phi) is 3.58. The average molecular weight is 253 g/mol. The predicted molar refractivity (Wildman–Crippen MR) is 59.4 cm³/mol. The highest BCUT2D eigenvalue weighted by Crippen LogP contribution is 2.20. The summed E-state index contributed by atoms with van der Waals surface area (Å²) < 4.78 is 20.6. The molecule has 18 heavy (non-hydrogen) atoms. The largest absolute Gasteiger partial charge is 0.358 e. The van der Waals surface area contributed by atoms with E-state index in [1.54, 1.807) is 0 Å². The Hall–Kier alpha value is -1.94. The number of nitriles is 1. The zero-order valence-electron chi connectivity index (χ0n) is 9.63. The van der Waals surface area contributed by atoms with Gasteiger partial charge in [0.1, 0.15) is 6.23 Å². The summed E-state index contributed by atoms with van der Waals surface area (Å²) in [6, 6.07) is 1.82. The highest BCUT2D eigenvalue weighted by Gasteiger charge is 2.21. The number of ether oxygens (including phenoxy) is 1. The van der Waals surface area contributed by atoms with Gasteiger partial charge in [0.15, 0.2) is 0 Å². The van der Waals surface area contributed by atoms with Gasteiger partial charge in [0.25, 0.3) is 5.56 Å². The average Bonchev–Trinajstić information content (AvgIpc) is 2.87. The van der Waals surface area contributed by atoms with Crippen molar-refractivity contribution >= 4 is 0 Å². The third-order valence-corrected chi connectivity index (χ3v) is 2.82. The van der Waals surface area contributed by atoms with Crippen LogP contribution in [-0.4, -0.2) is 15.7 Å². The first-order valence-electron chi connectivity index (χ1n) is 5.65. The van der Waals surface area contributed by atoms with Crippen molar-refractivity contribution in [2.24, 2.45) is 0 Å². The summed E-state index contributed by atoms with van der Waals surface area (Å²) in [6.45, 7) is 0.398. The van der Waals surface area contributed by atoms with Gasteiger partial charge in [0, 0.05) is 13.2 Å². The van der Waals surface area contributed by atoms with Crippen LogP contribution in [0.4, 0.5) is 4.39 Å². The molecule has 1 aromatic heterocycles. The Morgan fingerprint density at radius 1 is 1.56 bits per heavy atom. The molecular formula is C11H12FN3O3. The van der Waals surface area contributed by atoms with Crippen molar-refractivity contribution in [2.75, 3.05) is 6.61 Å². The molecule has 1 saturated heterocycles. The van der Waals surface area contributed by atoms with Gasteiger partial charge < -0.3 is 4.74 Å². The van der Waals surface area contributed by atoms with E-state index in [0.29, 0.717) is 13.0 Å². The predicted octanol–water partition coefficient (Wildman–Crippen LogP) is 0.372. The van der Waals surface area contributed by atoms with E-state index < -0.39 is 23.3 Å². The van der Waals surface area contributed by atoms with Crippen molar-refractivity contribution in [3.05, 3.63) is 32.9 Å². The van der Waals surface area contributed by atoms with Gasteiger partial charge in [-0.3, -0.25) is 13.9 Å². The van der Waals surface area contributed by atoms with E-state index in [4.69, 9.17) is 10.00 Å². The quantitative estimate of drug-likeness (QED) is 0.779. The molecular weight excluding hydrogens is 241 g/mol. The van der Waals surface area contributed by atoms with Crippen molar-refractivity contribution in [2.45, 2.75) is 32.0 Å². The fourth-order valence-electron chi connectivity index (χ4n) is 1.93. The van der Waals surface area contributed by atoms with Crippen LogP contribution in [0.1, 0.15) is 25.5 Å². The normalized spacial score (nSPS) is 18.8. The van der Waals surface area contributed by atoms with E-state index in [-0.39, 0.29) is 13.0 Å². The molecule has 0 amide bonds. The van der Waals surface area contributed by atoms with Gasteiger partial charge >= 0.3 is 5.69 Å². The van der Waals surface area contributed by atoms with Crippen LogP contribution in [-0.2, 0) is 11.3 Å². The van der Waals surface area contributed by atoms with Crippen molar-refractivity contribution in [3.8, 4) is 6.07 Å². The van der Waals surface area contributed by atoms with Crippen molar-refractivity contribution in [3.63, 3.8) is 0 Å². The second-order valence-electron chi connectivity index (χ2n) is 4.00. The molecule has 1 unspecified atom stereocenters. The molecule has 0 aliphatic carbocycles. The van der Waals surface area contributed by atoms with Crippen LogP contribution in [0, 0.1) is 17.1 Å². The molecule has 2 heterocycles. The Labute approximate surface area is 102 Å². The van der Waals surface area contributed by atoms with Gasteiger partial charge in [-0.1, -0.05) is 0 Å². The maximum absolute atomic E-state index is 13.5. The molecule has 0 N–H and O–H groups in total. The maximum Gasteiger partial charge on any atom is 0.333 e. The second-order valence-corrected chi connectivity index (χ2v) is 4.00. The highest BCUT2D eigenvalue weighted by atomic mass is 19.1. The lowest BCUT2D eigenvalue weighted by Gasteiger charge is -2.14. The second kappa shape index (κ2) is 5.14. The molecule has 0 spiro atoms. The SMILES string of the molecule is N#CCCn1c(=O)c(F)cn(C2CCCO2)c1=O. The van der Waals surface area contributed by atoms with Crippen LogP contribution in [0.3, 0.4) is 0 Å². The van der Waals surface area contributed by atoms with Gasteiger partial charge in [-0.2, -0.15) is 9.65 Å². The topological polar surface area (TPSA) is 77.0 Å². The van der Waals surface area contributed by atoms with Crippen molar-refractivity contribution < 1.29 is 9.13 Å². The van der Waals surface area contributed by atoms with E-state index in [1.165, 1.54) is 0 Å². The molecule has 0 radical (unpaired) electrons. The minimum Gasteiger partial charge on any atom is -0.358 e. The van der Waals surface area contributed by atoms with Crippen LogP contribution in [0.15, 0.2) is 15.8 Å². The van der Waals surface area contributed by atoms with E-state index in [1.807, 2.05) is 6.07 Å². The molecule has 2 rings (SSSR count). The van der Waals surface area contributed by atoms with Gasteiger partial charge in [0.05, 0.1) is 18.7 Å². The molecule has 0 saturated carbocycles. The smallest absolute Gasteiger partial charge is 0.333 e. The molecule has 96 valence electrons. The zero-order chi connectivity index (χ0) is 13.1. The van der Waals surface area contributed by atoms with Crippen molar-refractivity contribution in [1.82, 2.24) is 9.13 Å². The van der Waals surface area contributed by atoms with Gasteiger partial charge in [-0.25, -0.2) is 4.79 Å². The van der Waals surface area contributed by atoms with Gasteiger partial charge in [-0.15, -0.1) is 0 Å². The number of nitrogens with zero attached hydrogens (tertiary/aromatic N) is 3. The molecule has 1 aliphatic heterocycles. The van der Waals surface area contributed by atoms with E-state index in [0.717, 1.165) is 21.8 Å². The van der Waals surface area contributed by atoms with Gasteiger partial charge in [0.2, 0.25) is 5.82 Å². The summed E-state index contributed by atoms with van der Waals surface area (Å²) in [5.74, 6) is -1.01. The number of aromatic nitrogens is 2. The first-order valence-corrected chi connectivity index (χ1v) is 5.65. The molecule has 1 aliphatic rings. The maximum atomic E-state index is 13.5. The molecule has 1 atom stereocenters. The third-order valence-electron chi connectivity index (χ3n) is 2.82. The van der Waals surface area contributed by atoms with Crippen LogP contribution in [0.5, 0.6) is 0 Å². The summed E-state index contributed by atoms with van der Waals surface area (Å²) in [7, 11) is 0. The minimum absolute atomic E-state index is 0.0237.